The van der Waals surface area contributed by atoms with Crippen LogP contribution in [0.4, 0.5) is 0 Å². The molecule has 1 nitrogen and oxygen atoms in total. The fourth-order valence-electron chi connectivity index (χ4n) is 1.67. The van der Waals surface area contributed by atoms with Crippen LogP contribution in [0.5, 0.6) is 0 Å². The molecule has 0 heterocycles. The van der Waals surface area contributed by atoms with Crippen LogP contribution in [0.1, 0.15) is 46.5 Å². The third-order valence-corrected chi connectivity index (χ3v) is 3.47. The molecule has 0 aromatic rings. The van der Waals surface area contributed by atoms with Gasteiger partial charge in [-0.25, -0.2) is 0 Å². The van der Waals surface area contributed by atoms with Gasteiger partial charge in [0.15, 0.2) is 0 Å². The molecule has 0 spiro atoms. The van der Waals surface area contributed by atoms with Gasteiger partial charge in [-0.15, -0.1) is 0 Å². The van der Waals surface area contributed by atoms with Gasteiger partial charge in [0.25, 0.3) is 0 Å². The van der Waals surface area contributed by atoms with Crippen LogP contribution in [-0.4, -0.2) is 6.04 Å². The quantitative estimate of drug-likeness (QED) is 0.666. The van der Waals surface area contributed by atoms with E-state index >= 15 is 0 Å². The van der Waals surface area contributed by atoms with Crippen molar-refractivity contribution in [2.24, 2.45) is 17.1 Å². The van der Waals surface area contributed by atoms with Crippen molar-refractivity contribution in [2.75, 3.05) is 0 Å². The number of hydrogen-bond donors (Lipinski definition) is 1. The van der Waals surface area contributed by atoms with Gasteiger partial charge in [0.05, 0.1) is 0 Å². The average molecular weight is 155 g/mol. The molecule has 1 aliphatic rings. The minimum atomic E-state index is 0.352. The molecule has 1 saturated carbocycles. The summed E-state index contributed by atoms with van der Waals surface area (Å²) in [5.41, 5.74) is 6.52. The summed E-state index contributed by atoms with van der Waals surface area (Å²) >= 11 is 0. The third kappa shape index (κ3) is 1.76. The van der Waals surface area contributed by atoms with Gasteiger partial charge in [-0.1, -0.05) is 27.2 Å². The number of hydrogen-bond acceptors (Lipinski definition) is 1. The molecular formula is C10H21N. The van der Waals surface area contributed by atoms with E-state index in [0.29, 0.717) is 11.5 Å². The highest BCUT2D eigenvalue weighted by Gasteiger charge is 2.34. The first-order chi connectivity index (χ1) is 5.08. The fraction of sp³-hybridized carbons (Fsp3) is 1.00. The molecule has 0 aromatic heterocycles. The van der Waals surface area contributed by atoms with Gasteiger partial charge in [0.1, 0.15) is 0 Å². The van der Waals surface area contributed by atoms with Crippen molar-refractivity contribution in [3.63, 3.8) is 0 Å². The zero-order valence-corrected chi connectivity index (χ0v) is 8.06. The van der Waals surface area contributed by atoms with Gasteiger partial charge in [-0.05, 0) is 30.6 Å². The highest BCUT2D eigenvalue weighted by Crippen LogP contribution is 2.37. The second-order valence-corrected chi connectivity index (χ2v) is 4.56. The molecule has 1 unspecified atom stereocenters. The summed E-state index contributed by atoms with van der Waals surface area (Å²) in [6.45, 7) is 6.81. The van der Waals surface area contributed by atoms with Crippen LogP contribution in [0, 0.1) is 11.3 Å². The Labute approximate surface area is 70.4 Å². The zero-order valence-electron chi connectivity index (χ0n) is 8.06. The topological polar surface area (TPSA) is 26.0 Å². The molecule has 0 radical (unpaired) electrons. The molecule has 0 saturated heterocycles. The second-order valence-electron chi connectivity index (χ2n) is 4.56. The first kappa shape index (κ1) is 9.05. The van der Waals surface area contributed by atoms with Crippen LogP contribution in [0.2, 0.25) is 0 Å². The van der Waals surface area contributed by atoms with E-state index in [1.165, 1.54) is 25.7 Å². The lowest BCUT2D eigenvalue weighted by molar-refractivity contribution is 0.145. The smallest absolute Gasteiger partial charge is 0.0119 e. The number of rotatable bonds is 3. The van der Waals surface area contributed by atoms with Crippen LogP contribution >= 0.6 is 0 Å². The van der Waals surface area contributed by atoms with Crippen LogP contribution < -0.4 is 5.73 Å². The summed E-state index contributed by atoms with van der Waals surface area (Å²) in [6.07, 6.45) is 5.33. The molecule has 0 amide bonds. The molecule has 1 aliphatic carbocycles. The molecule has 0 aliphatic heterocycles. The van der Waals surface area contributed by atoms with Crippen molar-refractivity contribution in [3.8, 4) is 0 Å². The first-order valence-corrected chi connectivity index (χ1v) is 4.83. The van der Waals surface area contributed by atoms with E-state index in [1.807, 2.05) is 0 Å². The van der Waals surface area contributed by atoms with Crippen LogP contribution in [0.25, 0.3) is 0 Å². The summed E-state index contributed by atoms with van der Waals surface area (Å²) in [6, 6.07) is 0.432. The van der Waals surface area contributed by atoms with E-state index in [2.05, 4.69) is 20.8 Å². The van der Waals surface area contributed by atoms with Crippen molar-refractivity contribution in [1.82, 2.24) is 0 Å². The molecule has 0 bridgehead atoms. The van der Waals surface area contributed by atoms with Gasteiger partial charge in [-0.2, -0.15) is 0 Å². The van der Waals surface area contributed by atoms with Crippen LogP contribution in [0.3, 0.4) is 0 Å². The van der Waals surface area contributed by atoms with Gasteiger partial charge in [0.2, 0.25) is 0 Å². The van der Waals surface area contributed by atoms with E-state index in [1.54, 1.807) is 0 Å². The van der Waals surface area contributed by atoms with E-state index in [0.717, 1.165) is 5.92 Å². The average Bonchev–Trinajstić information content (AvgIpc) is 1.84. The van der Waals surface area contributed by atoms with E-state index in [-0.39, 0.29) is 0 Å². The summed E-state index contributed by atoms with van der Waals surface area (Å²) in [4.78, 5) is 0. The Kier molecular flexibility index (Phi) is 2.58. The van der Waals surface area contributed by atoms with Gasteiger partial charge < -0.3 is 5.73 Å². The third-order valence-electron chi connectivity index (χ3n) is 3.47. The highest BCUT2D eigenvalue weighted by molar-refractivity contribution is 4.89. The Morgan fingerprint density at radius 2 is 2.00 bits per heavy atom. The monoisotopic (exact) mass is 155 g/mol. The maximum absolute atomic E-state index is 6.17. The summed E-state index contributed by atoms with van der Waals surface area (Å²) < 4.78 is 0. The van der Waals surface area contributed by atoms with Crippen molar-refractivity contribution >= 4 is 0 Å². The Hall–Kier alpha value is -0.0400. The molecular weight excluding hydrogens is 134 g/mol. The summed E-state index contributed by atoms with van der Waals surface area (Å²) in [5.74, 6) is 0.824. The summed E-state index contributed by atoms with van der Waals surface area (Å²) in [5, 5.41) is 0. The van der Waals surface area contributed by atoms with Crippen molar-refractivity contribution < 1.29 is 0 Å². The zero-order chi connectivity index (χ0) is 8.48. The highest BCUT2D eigenvalue weighted by atomic mass is 14.7. The Morgan fingerprint density at radius 3 is 2.27 bits per heavy atom. The first-order valence-electron chi connectivity index (χ1n) is 4.83. The molecule has 66 valence electrons. The molecule has 2 N–H and O–H groups in total. The van der Waals surface area contributed by atoms with Crippen molar-refractivity contribution in [3.05, 3.63) is 0 Å². The Bertz CT molecular complexity index is 125. The van der Waals surface area contributed by atoms with E-state index in [9.17, 15) is 0 Å². The van der Waals surface area contributed by atoms with Gasteiger partial charge in [0, 0.05) is 6.04 Å². The molecule has 1 heteroatoms. The fourth-order valence-corrected chi connectivity index (χ4v) is 1.67. The predicted molar refractivity (Wildman–Crippen MR) is 49.4 cm³/mol. The lowest BCUT2D eigenvalue weighted by Gasteiger charge is -2.40. The normalized spacial score (nSPS) is 22.9. The molecule has 1 atom stereocenters. The van der Waals surface area contributed by atoms with E-state index < -0.39 is 0 Å². The number of nitrogens with two attached hydrogens (primary N) is 1. The minimum Gasteiger partial charge on any atom is -0.327 e. The lowest BCUT2D eigenvalue weighted by Crippen LogP contribution is -2.45. The maximum Gasteiger partial charge on any atom is 0.0119 e. The Morgan fingerprint density at radius 1 is 1.45 bits per heavy atom. The molecule has 0 aromatic carbocycles. The van der Waals surface area contributed by atoms with Crippen LogP contribution in [0.15, 0.2) is 0 Å². The molecule has 11 heavy (non-hydrogen) atoms. The van der Waals surface area contributed by atoms with Crippen molar-refractivity contribution in [1.29, 1.82) is 0 Å². The predicted octanol–water partition coefficient (Wildman–Crippen LogP) is 2.55. The lowest BCUT2D eigenvalue weighted by atomic mass is 9.68. The second kappa shape index (κ2) is 3.14. The molecule has 1 rings (SSSR count). The molecule has 1 fully saturated rings. The van der Waals surface area contributed by atoms with E-state index in [4.69, 9.17) is 5.73 Å². The standard InChI is InChI=1S/C10H21N/c1-4-10(2,3)9(11)8-6-5-7-8/h8-9H,4-7,11H2,1-3H3. The van der Waals surface area contributed by atoms with Crippen LogP contribution in [-0.2, 0) is 0 Å². The Balaban J connectivity index is 2.44. The van der Waals surface area contributed by atoms with Crippen molar-refractivity contribution in [2.45, 2.75) is 52.5 Å². The summed E-state index contributed by atoms with van der Waals surface area (Å²) in [7, 11) is 0. The van der Waals surface area contributed by atoms with Gasteiger partial charge >= 0.3 is 0 Å². The van der Waals surface area contributed by atoms with Gasteiger partial charge in [-0.3, -0.25) is 0 Å². The maximum atomic E-state index is 6.17. The minimum absolute atomic E-state index is 0.352. The SMILES string of the molecule is CCC(C)(C)C(N)C1CCC1. The largest absolute Gasteiger partial charge is 0.327 e.